The predicted octanol–water partition coefficient (Wildman–Crippen LogP) is 5.39. The zero-order chi connectivity index (χ0) is 20.1. The van der Waals surface area contributed by atoms with Crippen molar-refractivity contribution in [3.05, 3.63) is 90.0 Å². The Hall–Kier alpha value is -3.27. The number of rotatable bonds is 6. The van der Waals surface area contributed by atoms with Gasteiger partial charge >= 0.3 is 0 Å². The number of benzene rings is 3. The zero-order valence-corrected chi connectivity index (χ0v) is 16.8. The summed E-state index contributed by atoms with van der Waals surface area (Å²) in [7, 11) is 0. The lowest BCUT2D eigenvalue weighted by Gasteiger charge is -2.22. The van der Waals surface area contributed by atoms with E-state index in [2.05, 4.69) is 39.8 Å². The van der Waals surface area contributed by atoms with E-state index in [9.17, 15) is 4.79 Å². The summed E-state index contributed by atoms with van der Waals surface area (Å²) in [5.41, 5.74) is 5.07. The predicted molar refractivity (Wildman–Crippen MR) is 121 cm³/mol. The quantitative estimate of drug-likeness (QED) is 0.598. The Kier molecular flexibility index (Phi) is 5.80. The number of amides is 1. The standard InChI is InChI=1S/C25H27N3O/c1-19-9-11-22(12-10-19)27-25(29)24(20-7-3-2-4-8-20)26-21-13-15-23(16-14-21)28-17-5-6-18-28/h2-4,7-16,24,26H,5-6,17-18H2,1H3,(H,27,29)/t24-/m0/s1. The van der Waals surface area contributed by atoms with Crippen LogP contribution in [-0.2, 0) is 4.79 Å². The molecule has 4 heteroatoms. The Morgan fingerprint density at radius 2 is 1.45 bits per heavy atom. The molecule has 3 aromatic carbocycles. The van der Waals surface area contributed by atoms with Crippen molar-refractivity contribution in [1.29, 1.82) is 0 Å². The molecule has 1 aliphatic rings. The molecule has 3 aromatic rings. The molecule has 0 radical (unpaired) electrons. The molecular weight excluding hydrogens is 358 g/mol. The van der Waals surface area contributed by atoms with Crippen LogP contribution in [0.15, 0.2) is 78.9 Å². The molecule has 1 amide bonds. The van der Waals surface area contributed by atoms with E-state index in [4.69, 9.17) is 0 Å². The lowest BCUT2D eigenvalue weighted by molar-refractivity contribution is -0.117. The maximum absolute atomic E-state index is 13.1. The van der Waals surface area contributed by atoms with Gasteiger partial charge in [-0.15, -0.1) is 0 Å². The minimum absolute atomic E-state index is 0.0799. The van der Waals surface area contributed by atoms with Crippen LogP contribution in [0.5, 0.6) is 0 Å². The molecule has 1 fully saturated rings. The van der Waals surface area contributed by atoms with Crippen LogP contribution in [0.4, 0.5) is 17.1 Å². The van der Waals surface area contributed by atoms with Gasteiger partial charge in [0.25, 0.3) is 5.91 Å². The number of carbonyl (C=O) groups excluding carboxylic acids is 1. The highest BCUT2D eigenvalue weighted by atomic mass is 16.2. The molecule has 1 saturated heterocycles. The lowest BCUT2D eigenvalue weighted by Crippen LogP contribution is -2.27. The number of nitrogens with zero attached hydrogens (tertiary/aromatic N) is 1. The molecule has 0 aromatic heterocycles. The van der Waals surface area contributed by atoms with Gasteiger partial charge in [0.15, 0.2) is 0 Å². The summed E-state index contributed by atoms with van der Waals surface area (Å²) >= 11 is 0. The smallest absolute Gasteiger partial charge is 0.251 e. The second kappa shape index (κ2) is 8.82. The number of hydrogen-bond acceptors (Lipinski definition) is 3. The largest absolute Gasteiger partial charge is 0.372 e. The molecule has 1 heterocycles. The average Bonchev–Trinajstić information content (AvgIpc) is 3.29. The number of hydrogen-bond donors (Lipinski definition) is 2. The minimum Gasteiger partial charge on any atom is -0.372 e. The first-order chi connectivity index (χ1) is 14.2. The van der Waals surface area contributed by atoms with Gasteiger partial charge in [0, 0.05) is 30.2 Å². The Balaban J connectivity index is 1.52. The van der Waals surface area contributed by atoms with E-state index in [1.165, 1.54) is 24.1 Å². The SMILES string of the molecule is Cc1ccc(NC(=O)[C@@H](Nc2ccc(N3CCCC3)cc2)c2ccccc2)cc1. The zero-order valence-electron chi connectivity index (χ0n) is 16.8. The highest BCUT2D eigenvalue weighted by Crippen LogP contribution is 2.26. The number of aryl methyl sites for hydroxylation is 1. The summed E-state index contributed by atoms with van der Waals surface area (Å²) in [5, 5.41) is 6.45. The molecule has 4 nitrogen and oxygen atoms in total. The Labute approximate surface area is 172 Å². The van der Waals surface area contributed by atoms with Crippen molar-refractivity contribution in [3.63, 3.8) is 0 Å². The van der Waals surface area contributed by atoms with E-state index >= 15 is 0 Å². The molecule has 0 bridgehead atoms. The Bertz CT molecular complexity index is 930. The molecule has 0 unspecified atom stereocenters. The van der Waals surface area contributed by atoms with Crippen LogP contribution in [-0.4, -0.2) is 19.0 Å². The van der Waals surface area contributed by atoms with Crippen LogP contribution in [0.1, 0.15) is 30.0 Å². The van der Waals surface area contributed by atoms with Crippen molar-refractivity contribution >= 4 is 23.0 Å². The summed E-state index contributed by atoms with van der Waals surface area (Å²) in [4.78, 5) is 15.5. The molecule has 0 saturated carbocycles. The van der Waals surface area contributed by atoms with Crippen molar-refractivity contribution in [3.8, 4) is 0 Å². The van der Waals surface area contributed by atoms with E-state index in [0.717, 1.165) is 30.0 Å². The van der Waals surface area contributed by atoms with Crippen LogP contribution in [0.25, 0.3) is 0 Å². The maximum Gasteiger partial charge on any atom is 0.251 e. The van der Waals surface area contributed by atoms with Gasteiger partial charge in [-0.3, -0.25) is 4.79 Å². The lowest BCUT2D eigenvalue weighted by atomic mass is 10.1. The molecule has 4 rings (SSSR count). The molecule has 148 valence electrons. The Morgan fingerprint density at radius 3 is 2.10 bits per heavy atom. The monoisotopic (exact) mass is 385 g/mol. The summed E-state index contributed by atoms with van der Waals surface area (Å²) in [6.45, 7) is 4.28. The van der Waals surface area contributed by atoms with Gasteiger partial charge < -0.3 is 15.5 Å². The first kappa shape index (κ1) is 19.1. The van der Waals surface area contributed by atoms with Crippen molar-refractivity contribution in [1.82, 2.24) is 0 Å². The molecule has 0 spiro atoms. The molecular formula is C25H27N3O. The number of nitrogens with one attached hydrogen (secondary N) is 2. The van der Waals surface area contributed by atoms with E-state index in [1.807, 2.05) is 61.5 Å². The summed E-state index contributed by atoms with van der Waals surface area (Å²) < 4.78 is 0. The number of anilines is 3. The molecule has 29 heavy (non-hydrogen) atoms. The van der Waals surface area contributed by atoms with Crippen LogP contribution in [0, 0.1) is 6.92 Å². The first-order valence-electron chi connectivity index (χ1n) is 10.2. The van der Waals surface area contributed by atoms with Crippen molar-refractivity contribution in [2.45, 2.75) is 25.8 Å². The Morgan fingerprint density at radius 1 is 0.828 bits per heavy atom. The van der Waals surface area contributed by atoms with E-state index < -0.39 is 6.04 Å². The normalized spacial score (nSPS) is 14.4. The highest BCUT2D eigenvalue weighted by Gasteiger charge is 2.21. The van der Waals surface area contributed by atoms with Gasteiger partial charge in [-0.1, -0.05) is 48.0 Å². The maximum atomic E-state index is 13.1. The van der Waals surface area contributed by atoms with Crippen molar-refractivity contribution in [2.75, 3.05) is 28.6 Å². The van der Waals surface area contributed by atoms with E-state index in [0.29, 0.717) is 0 Å². The third-order valence-corrected chi connectivity index (χ3v) is 5.36. The number of carbonyl (C=O) groups is 1. The fraction of sp³-hybridized carbons (Fsp3) is 0.240. The van der Waals surface area contributed by atoms with Crippen LogP contribution >= 0.6 is 0 Å². The third-order valence-electron chi connectivity index (χ3n) is 5.36. The average molecular weight is 386 g/mol. The van der Waals surface area contributed by atoms with Crippen LogP contribution in [0.3, 0.4) is 0 Å². The van der Waals surface area contributed by atoms with Gasteiger partial charge in [-0.2, -0.15) is 0 Å². The molecule has 0 aliphatic carbocycles. The topological polar surface area (TPSA) is 44.4 Å². The van der Waals surface area contributed by atoms with Gasteiger partial charge in [-0.25, -0.2) is 0 Å². The molecule has 2 N–H and O–H groups in total. The van der Waals surface area contributed by atoms with Crippen molar-refractivity contribution < 1.29 is 4.79 Å². The molecule has 1 aliphatic heterocycles. The first-order valence-corrected chi connectivity index (χ1v) is 10.2. The molecule has 1 atom stereocenters. The van der Waals surface area contributed by atoms with Gasteiger partial charge in [0.05, 0.1) is 0 Å². The minimum atomic E-state index is -0.477. The fourth-order valence-corrected chi connectivity index (χ4v) is 3.71. The summed E-state index contributed by atoms with van der Waals surface area (Å²) in [6.07, 6.45) is 2.52. The second-order valence-corrected chi connectivity index (χ2v) is 7.58. The van der Waals surface area contributed by atoms with Crippen molar-refractivity contribution in [2.24, 2.45) is 0 Å². The highest BCUT2D eigenvalue weighted by molar-refractivity contribution is 5.97. The van der Waals surface area contributed by atoms with E-state index in [-0.39, 0.29) is 5.91 Å². The van der Waals surface area contributed by atoms with Gasteiger partial charge in [0.2, 0.25) is 0 Å². The van der Waals surface area contributed by atoms with Gasteiger partial charge in [-0.05, 0) is 61.7 Å². The van der Waals surface area contributed by atoms with Gasteiger partial charge in [0.1, 0.15) is 6.04 Å². The fourth-order valence-electron chi connectivity index (χ4n) is 3.71. The third kappa shape index (κ3) is 4.77. The van der Waals surface area contributed by atoms with E-state index in [1.54, 1.807) is 0 Å². The summed E-state index contributed by atoms with van der Waals surface area (Å²) in [6, 6.07) is 25.6. The second-order valence-electron chi connectivity index (χ2n) is 7.58. The summed E-state index contributed by atoms with van der Waals surface area (Å²) in [5.74, 6) is -0.0799. The van der Waals surface area contributed by atoms with Crippen LogP contribution in [0.2, 0.25) is 0 Å². The van der Waals surface area contributed by atoms with Crippen LogP contribution < -0.4 is 15.5 Å².